The van der Waals surface area contributed by atoms with E-state index >= 15 is 0 Å². The molecule has 0 spiro atoms. The third-order valence-corrected chi connectivity index (χ3v) is 4.53. The van der Waals surface area contributed by atoms with Crippen molar-refractivity contribution >= 4 is 38.7 Å². The van der Waals surface area contributed by atoms with Gasteiger partial charge in [-0.1, -0.05) is 29.5 Å². The van der Waals surface area contributed by atoms with Crippen LogP contribution in [0.4, 0.5) is 10.2 Å². The van der Waals surface area contributed by atoms with Crippen molar-refractivity contribution in [3.63, 3.8) is 0 Å². The molecule has 0 aliphatic carbocycles. The van der Waals surface area contributed by atoms with Gasteiger partial charge in [0.2, 0.25) is 5.91 Å². The summed E-state index contributed by atoms with van der Waals surface area (Å²) in [6, 6.07) is 13.6. The van der Waals surface area contributed by atoms with Gasteiger partial charge in [0, 0.05) is 6.20 Å². The summed E-state index contributed by atoms with van der Waals surface area (Å²) in [6.07, 6.45) is 1.75. The Hall–Kier alpha value is -3.07. The average molecular weight is 429 g/mol. The van der Waals surface area contributed by atoms with Gasteiger partial charge < -0.3 is 5.32 Å². The van der Waals surface area contributed by atoms with E-state index in [1.807, 2.05) is 24.3 Å². The van der Waals surface area contributed by atoms with Crippen LogP contribution in [0.25, 0.3) is 11.0 Å². The highest BCUT2D eigenvalue weighted by molar-refractivity contribution is 9.10. The smallest absolute Gasteiger partial charge is 0.247 e. The fraction of sp³-hybridized carbons (Fsp3) is 0.111. The van der Waals surface area contributed by atoms with Crippen molar-refractivity contribution in [1.29, 1.82) is 0 Å². The van der Waals surface area contributed by atoms with Crippen LogP contribution in [0.1, 0.15) is 5.56 Å². The molecule has 0 fully saturated rings. The van der Waals surface area contributed by atoms with Gasteiger partial charge >= 0.3 is 0 Å². The molecule has 0 radical (unpaired) electrons. The van der Waals surface area contributed by atoms with Gasteiger partial charge in [0.25, 0.3) is 0 Å². The highest BCUT2D eigenvalue weighted by Gasteiger charge is 2.13. The number of rotatable bonds is 5. The molecule has 1 amide bonds. The largest absolute Gasteiger partial charge is 0.307 e. The van der Waals surface area contributed by atoms with Crippen LogP contribution >= 0.6 is 15.9 Å². The molecule has 0 unspecified atom stereocenters. The van der Waals surface area contributed by atoms with Crippen molar-refractivity contribution in [3.8, 4) is 0 Å². The standard InChI is InChI=1S/C18H14BrFN6O/c19-14-10-25(9-12-5-7-13(20)8-6-12)23-18(14)21-17(27)11-26-16-4-2-1-3-15(16)22-24-26/h1-8,10H,9,11H2,(H,21,23,27). The Morgan fingerprint density at radius 3 is 2.74 bits per heavy atom. The van der Waals surface area contributed by atoms with E-state index in [4.69, 9.17) is 0 Å². The van der Waals surface area contributed by atoms with E-state index in [0.717, 1.165) is 16.6 Å². The summed E-state index contributed by atoms with van der Waals surface area (Å²) >= 11 is 3.40. The maximum absolute atomic E-state index is 13.0. The number of halogens is 2. The number of hydrogen-bond donors (Lipinski definition) is 1. The molecule has 0 aliphatic heterocycles. The summed E-state index contributed by atoms with van der Waals surface area (Å²) in [6.45, 7) is 0.486. The fourth-order valence-electron chi connectivity index (χ4n) is 2.68. The highest BCUT2D eigenvalue weighted by atomic mass is 79.9. The summed E-state index contributed by atoms with van der Waals surface area (Å²) in [5, 5.41) is 15.2. The predicted octanol–water partition coefficient (Wildman–Crippen LogP) is 3.22. The minimum Gasteiger partial charge on any atom is -0.307 e. The Labute approximate surface area is 161 Å². The number of nitrogens with zero attached hydrogens (tertiary/aromatic N) is 5. The first-order chi connectivity index (χ1) is 13.1. The number of anilines is 1. The number of aromatic nitrogens is 5. The molecular formula is C18H14BrFN6O. The maximum atomic E-state index is 13.0. The van der Waals surface area contributed by atoms with Crippen molar-refractivity contribution in [2.24, 2.45) is 0 Å². The Morgan fingerprint density at radius 2 is 1.93 bits per heavy atom. The first-order valence-electron chi connectivity index (χ1n) is 8.14. The zero-order valence-electron chi connectivity index (χ0n) is 14.0. The van der Waals surface area contributed by atoms with Crippen molar-refractivity contribution in [2.45, 2.75) is 13.1 Å². The van der Waals surface area contributed by atoms with Gasteiger partial charge in [-0.25, -0.2) is 9.07 Å². The first kappa shape index (κ1) is 17.3. The highest BCUT2D eigenvalue weighted by Crippen LogP contribution is 2.21. The van der Waals surface area contributed by atoms with Crippen molar-refractivity contribution in [2.75, 3.05) is 5.32 Å². The van der Waals surface area contributed by atoms with Crippen molar-refractivity contribution in [1.82, 2.24) is 24.8 Å². The molecule has 2 heterocycles. The van der Waals surface area contributed by atoms with Crippen LogP contribution in [0.3, 0.4) is 0 Å². The second kappa shape index (κ2) is 7.28. The van der Waals surface area contributed by atoms with Crippen LogP contribution < -0.4 is 5.32 Å². The summed E-state index contributed by atoms with van der Waals surface area (Å²) in [7, 11) is 0. The number of fused-ring (bicyclic) bond motifs is 1. The molecule has 0 saturated heterocycles. The topological polar surface area (TPSA) is 77.6 Å². The number of para-hydroxylation sites is 1. The summed E-state index contributed by atoms with van der Waals surface area (Å²) in [5.74, 6) is -0.140. The number of amides is 1. The summed E-state index contributed by atoms with van der Waals surface area (Å²) < 4.78 is 16.9. The third-order valence-electron chi connectivity index (χ3n) is 3.95. The molecule has 2 aromatic heterocycles. The second-order valence-electron chi connectivity index (χ2n) is 5.93. The van der Waals surface area contributed by atoms with E-state index < -0.39 is 0 Å². The first-order valence-corrected chi connectivity index (χ1v) is 8.93. The minimum atomic E-state index is -0.283. The molecule has 0 saturated carbocycles. The van der Waals surface area contributed by atoms with Gasteiger partial charge in [0.15, 0.2) is 5.82 Å². The van der Waals surface area contributed by atoms with Crippen LogP contribution in [0.2, 0.25) is 0 Å². The van der Waals surface area contributed by atoms with Crippen LogP contribution in [0.5, 0.6) is 0 Å². The van der Waals surface area contributed by atoms with Crippen molar-refractivity contribution < 1.29 is 9.18 Å². The molecule has 4 rings (SSSR count). The number of hydrogen-bond acceptors (Lipinski definition) is 4. The molecule has 0 atom stereocenters. The number of carbonyl (C=O) groups excluding carboxylic acids is 1. The Bertz CT molecular complexity index is 1100. The molecule has 2 aromatic carbocycles. The second-order valence-corrected chi connectivity index (χ2v) is 6.79. The van der Waals surface area contributed by atoms with E-state index in [1.165, 1.54) is 16.8 Å². The Balaban J connectivity index is 1.45. The molecule has 1 N–H and O–H groups in total. The lowest BCUT2D eigenvalue weighted by molar-refractivity contribution is -0.116. The SMILES string of the molecule is O=C(Cn1nnc2ccccc21)Nc1nn(Cc2ccc(F)cc2)cc1Br. The van der Waals surface area contributed by atoms with E-state index in [0.29, 0.717) is 16.8 Å². The van der Waals surface area contributed by atoms with Crippen LogP contribution in [0, 0.1) is 5.82 Å². The number of carbonyl (C=O) groups is 1. The lowest BCUT2D eigenvalue weighted by atomic mass is 10.2. The Kier molecular flexibility index (Phi) is 4.68. The van der Waals surface area contributed by atoms with Gasteiger partial charge in [-0.15, -0.1) is 5.10 Å². The van der Waals surface area contributed by atoms with Crippen LogP contribution in [0.15, 0.2) is 59.2 Å². The summed E-state index contributed by atoms with van der Waals surface area (Å²) in [5.41, 5.74) is 2.42. The molecule has 136 valence electrons. The van der Waals surface area contributed by atoms with Gasteiger partial charge in [0.1, 0.15) is 17.9 Å². The van der Waals surface area contributed by atoms with E-state index in [-0.39, 0.29) is 18.3 Å². The predicted molar refractivity (Wildman–Crippen MR) is 102 cm³/mol. The van der Waals surface area contributed by atoms with E-state index in [2.05, 4.69) is 36.7 Å². The Morgan fingerprint density at radius 1 is 1.15 bits per heavy atom. The lowest BCUT2D eigenvalue weighted by Gasteiger charge is -2.04. The molecule has 27 heavy (non-hydrogen) atoms. The zero-order valence-corrected chi connectivity index (χ0v) is 15.6. The van der Waals surface area contributed by atoms with Gasteiger partial charge in [-0.05, 0) is 45.8 Å². The molecule has 0 aliphatic rings. The quantitative estimate of drug-likeness (QED) is 0.529. The average Bonchev–Trinajstić information content (AvgIpc) is 3.21. The summed E-state index contributed by atoms with van der Waals surface area (Å²) in [4.78, 5) is 12.4. The monoisotopic (exact) mass is 428 g/mol. The molecule has 4 aromatic rings. The normalized spacial score (nSPS) is 11.0. The molecule has 0 bridgehead atoms. The van der Waals surface area contributed by atoms with Gasteiger partial charge in [-0.3, -0.25) is 9.48 Å². The fourth-order valence-corrected chi connectivity index (χ4v) is 3.10. The van der Waals surface area contributed by atoms with E-state index in [1.54, 1.807) is 23.0 Å². The third kappa shape index (κ3) is 3.87. The minimum absolute atomic E-state index is 0.0256. The van der Waals surface area contributed by atoms with Gasteiger partial charge in [-0.2, -0.15) is 5.10 Å². The maximum Gasteiger partial charge on any atom is 0.247 e. The lowest BCUT2D eigenvalue weighted by Crippen LogP contribution is -2.20. The molecule has 7 nitrogen and oxygen atoms in total. The molecular weight excluding hydrogens is 415 g/mol. The number of nitrogens with one attached hydrogen (secondary N) is 1. The van der Waals surface area contributed by atoms with Crippen molar-refractivity contribution in [3.05, 3.63) is 70.6 Å². The number of benzene rings is 2. The van der Waals surface area contributed by atoms with Gasteiger partial charge in [0.05, 0.1) is 16.5 Å². The van der Waals surface area contributed by atoms with E-state index in [9.17, 15) is 9.18 Å². The van der Waals surface area contributed by atoms with Crippen LogP contribution in [-0.2, 0) is 17.9 Å². The molecule has 9 heteroatoms. The zero-order chi connectivity index (χ0) is 18.8. The van der Waals surface area contributed by atoms with Crippen LogP contribution in [-0.4, -0.2) is 30.7 Å².